The minimum absolute atomic E-state index is 0.153. The fourth-order valence-electron chi connectivity index (χ4n) is 3.68. The average molecular weight is 357 g/mol. The number of ketones is 1. The number of rotatable bonds is 10. The Hall–Kier alpha value is -1.97. The molecular formula is C22H31NO3. The van der Waals surface area contributed by atoms with Gasteiger partial charge in [0.15, 0.2) is 0 Å². The lowest BCUT2D eigenvalue weighted by molar-refractivity contribution is -0.131. The largest absolute Gasteiger partial charge is 0.299 e. The second-order valence-corrected chi connectivity index (χ2v) is 7.39. The monoisotopic (exact) mass is 357 g/mol. The zero-order valence-corrected chi connectivity index (χ0v) is 16.3. The van der Waals surface area contributed by atoms with Crippen molar-refractivity contribution in [3.8, 4) is 0 Å². The number of unbranched alkanes of at least 4 members (excludes halogenated alkanes) is 3. The number of aryl methyl sites for hydroxylation is 1. The van der Waals surface area contributed by atoms with Gasteiger partial charge in [-0.15, -0.1) is 0 Å². The van der Waals surface area contributed by atoms with Crippen molar-refractivity contribution < 1.29 is 14.4 Å². The smallest absolute Gasteiger partial charge is 0.238 e. The summed E-state index contributed by atoms with van der Waals surface area (Å²) in [5.41, 5.74) is 1.69. The molecule has 4 nitrogen and oxygen atoms in total. The minimum atomic E-state index is -0.496. The van der Waals surface area contributed by atoms with Crippen LogP contribution >= 0.6 is 0 Å². The summed E-state index contributed by atoms with van der Waals surface area (Å²) < 4.78 is 0. The first-order chi connectivity index (χ1) is 12.5. The summed E-state index contributed by atoms with van der Waals surface area (Å²) >= 11 is 0. The molecule has 2 unspecified atom stereocenters. The highest BCUT2D eigenvalue weighted by molar-refractivity contribution is 6.21. The Balaban J connectivity index is 2.17. The Bertz CT molecular complexity index is 635. The van der Waals surface area contributed by atoms with Crippen molar-refractivity contribution in [2.75, 3.05) is 4.90 Å². The van der Waals surface area contributed by atoms with Crippen LogP contribution < -0.4 is 4.90 Å². The third-order valence-electron chi connectivity index (χ3n) is 5.27. The van der Waals surface area contributed by atoms with Crippen LogP contribution in [-0.4, -0.2) is 17.6 Å². The molecule has 1 aromatic rings. The van der Waals surface area contributed by atoms with Crippen LogP contribution in [0.25, 0.3) is 0 Å². The van der Waals surface area contributed by atoms with Crippen LogP contribution in [0.2, 0.25) is 0 Å². The molecule has 2 amide bonds. The van der Waals surface area contributed by atoms with Gasteiger partial charge in [-0.05, 0) is 31.9 Å². The molecule has 0 saturated carbocycles. The maximum absolute atomic E-state index is 13.0. The van der Waals surface area contributed by atoms with Crippen molar-refractivity contribution in [1.29, 1.82) is 0 Å². The van der Waals surface area contributed by atoms with E-state index >= 15 is 0 Å². The normalized spacial score (nSPS) is 18.4. The molecule has 1 aliphatic heterocycles. The Labute approximate surface area is 157 Å². The quantitative estimate of drug-likeness (QED) is 0.445. The lowest BCUT2D eigenvalue weighted by Gasteiger charge is -2.21. The van der Waals surface area contributed by atoms with Gasteiger partial charge in [0.2, 0.25) is 11.8 Å². The summed E-state index contributed by atoms with van der Waals surface area (Å²) in [5, 5.41) is 0. The first-order valence-corrected chi connectivity index (χ1v) is 9.95. The standard InChI is InChI=1S/C22H31NO3/c1-4-6-8-10-20(24)18(9-7-5-2)19-15-21(25)23(22(19)26)17-13-11-16(3)12-14-17/h11-14,18-19H,4-10,15H2,1-3H3. The number of nitrogens with zero attached hydrogens (tertiary/aromatic N) is 1. The number of Topliss-reactive ketones (excluding diaryl/α,β-unsaturated/α-hetero) is 1. The number of hydrogen-bond acceptors (Lipinski definition) is 3. The van der Waals surface area contributed by atoms with Gasteiger partial charge < -0.3 is 0 Å². The molecule has 1 saturated heterocycles. The summed E-state index contributed by atoms with van der Waals surface area (Å²) in [6.45, 7) is 6.16. The summed E-state index contributed by atoms with van der Waals surface area (Å²) in [7, 11) is 0. The minimum Gasteiger partial charge on any atom is -0.299 e. The lowest BCUT2D eigenvalue weighted by Crippen LogP contribution is -2.34. The highest BCUT2D eigenvalue weighted by Gasteiger charge is 2.45. The SMILES string of the molecule is CCCCCC(=O)C(CCCC)C1CC(=O)N(c2ccc(C)cc2)C1=O. The van der Waals surface area contributed by atoms with Crippen LogP contribution in [0.5, 0.6) is 0 Å². The first-order valence-electron chi connectivity index (χ1n) is 9.95. The molecule has 0 N–H and O–H groups in total. The molecule has 26 heavy (non-hydrogen) atoms. The zero-order valence-electron chi connectivity index (χ0n) is 16.3. The third kappa shape index (κ3) is 4.80. The molecule has 1 heterocycles. The van der Waals surface area contributed by atoms with Crippen molar-refractivity contribution in [2.24, 2.45) is 11.8 Å². The predicted molar refractivity (Wildman–Crippen MR) is 104 cm³/mol. The zero-order chi connectivity index (χ0) is 19.1. The van der Waals surface area contributed by atoms with Gasteiger partial charge in [-0.3, -0.25) is 19.3 Å². The second kappa shape index (κ2) is 9.65. The van der Waals surface area contributed by atoms with Gasteiger partial charge in [0, 0.05) is 18.8 Å². The molecule has 1 aromatic carbocycles. The maximum atomic E-state index is 13.0. The number of hydrogen-bond donors (Lipinski definition) is 0. The van der Waals surface area contributed by atoms with E-state index in [-0.39, 0.29) is 29.9 Å². The number of anilines is 1. The van der Waals surface area contributed by atoms with Crippen molar-refractivity contribution in [1.82, 2.24) is 0 Å². The summed E-state index contributed by atoms with van der Waals surface area (Å²) in [6.07, 6.45) is 6.23. The van der Waals surface area contributed by atoms with Crippen LogP contribution in [0.4, 0.5) is 5.69 Å². The molecule has 4 heteroatoms. The van der Waals surface area contributed by atoms with E-state index in [0.717, 1.165) is 37.7 Å². The molecule has 1 fully saturated rings. The lowest BCUT2D eigenvalue weighted by atomic mass is 9.82. The molecule has 0 spiro atoms. The van der Waals surface area contributed by atoms with Gasteiger partial charge >= 0.3 is 0 Å². The number of benzene rings is 1. The molecule has 0 aliphatic carbocycles. The van der Waals surface area contributed by atoms with E-state index in [0.29, 0.717) is 18.5 Å². The second-order valence-electron chi connectivity index (χ2n) is 7.39. The topological polar surface area (TPSA) is 54.5 Å². The van der Waals surface area contributed by atoms with Gasteiger partial charge in [0.05, 0.1) is 11.6 Å². The van der Waals surface area contributed by atoms with Gasteiger partial charge in [-0.2, -0.15) is 0 Å². The van der Waals surface area contributed by atoms with Crippen LogP contribution in [0.3, 0.4) is 0 Å². The van der Waals surface area contributed by atoms with E-state index in [1.807, 2.05) is 19.1 Å². The maximum Gasteiger partial charge on any atom is 0.238 e. The summed E-state index contributed by atoms with van der Waals surface area (Å²) in [6, 6.07) is 7.40. The Kier molecular flexibility index (Phi) is 7.55. The molecular weight excluding hydrogens is 326 g/mol. The third-order valence-corrected chi connectivity index (χ3v) is 5.27. The first kappa shape index (κ1) is 20.3. The summed E-state index contributed by atoms with van der Waals surface area (Å²) in [5.74, 6) is -1.05. The van der Waals surface area contributed by atoms with Crippen LogP contribution in [0.1, 0.15) is 70.8 Å². The molecule has 142 valence electrons. The molecule has 0 aromatic heterocycles. The van der Waals surface area contributed by atoms with E-state index in [9.17, 15) is 14.4 Å². The van der Waals surface area contributed by atoms with Gasteiger partial charge in [0.25, 0.3) is 0 Å². The van der Waals surface area contributed by atoms with Crippen LogP contribution in [0.15, 0.2) is 24.3 Å². The highest BCUT2D eigenvalue weighted by Crippen LogP contribution is 2.34. The fourth-order valence-corrected chi connectivity index (χ4v) is 3.68. The fraction of sp³-hybridized carbons (Fsp3) is 0.591. The predicted octanol–water partition coefficient (Wildman–Crippen LogP) is 4.83. The van der Waals surface area contributed by atoms with E-state index in [2.05, 4.69) is 13.8 Å². The Morgan fingerprint density at radius 1 is 1.08 bits per heavy atom. The number of imide groups is 1. The van der Waals surface area contributed by atoms with Crippen molar-refractivity contribution in [3.05, 3.63) is 29.8 Å². The average Bonchev–Trinajstić information content (AvgIpc) is 2.91. The molecule has 0 bridgehead atoms. The van der Waals surface area contributed by atoms with E-state index < -0.39 is 5.92 Å². The molecule has 2 atom stereocenters. The van der Waals surface area contributed by atoms with Crippen molar-refractivity contribution >= 4 is 23.3 Å². The number of carbonyl (C=O) groups is 3. The van der Waals surface area contributed by atoms with Gasteiger partial charge in [-0.25, -0.2) is 0 Å². The molecule has 2 rings (SSSR count). The number of amides is 2. The molecule has 1 aliphatic rings. The van der Waals surface area contributed by atoms with Gasteiger partial charge in [0.1, 0.15) is 5.78 Å². The highest BCUT2D eigenvalue weighted by atomic mass is 16.2. The van der Waals surface area contributed by atoms with Crippen LogP contribution in [0, 0.1) is 18.8 Å². The Morgan fingerprint density at radius 3 is 2.35 bits per heavy atom. The molecule has 0 radical (unpaired) electrons. The summed E-state index contributed by atoms with van der Waals surface area (Å²) in [4.78, 5) is 39.6. The Morgan fingerprint density at radius 2 is 1.73 bits per heavy atom. The van der Waals surface area contributed by atoms with Gasteiger partial charge in [-0.1, -0.05) is 57.2 Å². The van der Waals surface area contributed by atoms with E-state index in [4.69, 9.17) is 0 Å². The van der Waals surface area contributed by atoms with E-state index in [1.54, 1.807) is 12.1 Å². The van der Waals surface area contributed by atoms with Crippen molar-refractivity contribution in [2.45, 2.75) is 72.1 Å². The van der Waals surface area contributed by atoms with Crippen molar-refractivity contribution in [3.63, 3.8) is 0 Å². The van der Waals surface area contributed by atoms with E-state index in [1.165, 1.54) is 4.90 Å². The van der Waals surface area contributed by atoms with Crippen LogP contribution in [-0.2, 0) is 14.4 Å². The number of carbonyl (C=O) groups excluding carboxylic acids is 3.